The lowest BCUT2D eigenvalue weighted by molar-refractivity contribution is 0.0686. The molecule has 0 aliphatic carbocycles. The molecule has 0 amide bonds. The number of hydrogen-bond donors (Lipinski definition) is 3. The van der Waals surface area contributed by atoms with Crippen LogP contribution in [0, 0.1) is 0 Å². The van der Waals surface area contributed by atoms with Gasteiger partial charge < -0.3 is 15.3 Å². The van der Waals surface area contributed by atoms with Crippen molar-refractivity contribution in [1.82, 2.24) is 14.8 Å². The predicted octanol–water partition coefficient (Wildman–Crippen LogP) is 3.70. The monoisotopic (exact) mass is 429 g/mol. The number of nitrogens with zero attached hydrogens (tertiary/aromatic N) is 3. The van der Waals surface area contributed by atoms with Crippen molar-refractivity contribution >= 4 is 17.9 Å². The summed E-state index contributed by atoms with van der Waals surface area (Å²) in [6.45, 7) is 0. The zero-order valence-corrected chi connectivity index (χ0v) is 16.3. The minimum atomic E-state index is -1.10. The van der Waals surface area contributed by atoms with Crippen molar-refractivity contribution in [3.8, 4) is 28.5 Å². The van der Waals surface area contributed by atoms with Gasteiger partial charge in [0.05, 0.1) is 16.7 Å². The van der Waals surface area contributed by atoms with E-state index in [1.54, 1.807) is 41.0 Å². The van der Waals surface area contributed by atoms with Gasteiger partial charge in [-0.15, -0.1) is 10.2 Å². The molecule has 32 heavy (non-hydrogen) atoms. The van der Waals surface area contributed by atoms with E-state index in [9.17, 15) is 29.7 Å². The van der Waals surface area contributed by atoms with Gasteiger partial charge in [0.25, 0.3) is 0 Å². The van der Waals surface area contributed by atoms with Crippen LogP contribution >= 0.6 is 0 Å². The molecule has 3 N–H and O–H groups in total. The molecule has 0 saturated heterocycles. The Kier molecular flexibility index (Phi) is 5.22. The zero-order chi connectivity index (χ0) is 22.8. The number of aromatic nitrogens is 3. The first-order valence-corrected chi connectivity index (χ1v) is 9.32. The summed E-state index contributed by atoms with van der Waals surface area (Å²) in [5, 5.41) is 36.3. The lowest BCUT2D eigenvalue weighted by atomic mass is 10.1. The molecule has 0 spiro atoms. The predicted molar refractivity (Wildman–Crippen MR) is 113 cm³/mol. The maximum atomic E-state index is 11.4. The second kappa shape index (κ2) is 8.15. The molecule has 158 valence electrons. The number of benzene rings is 3. The van der Waals surface area contributed by atoms with Gasteiger partial charge in [-0.2, -0.15) is 0 Å². The molecule has 0 bridgehead atoms. The molecular weight excluding hydrogens is 414 g/mol. The Balaban J connectivity index is 1.95. The molecule has 9 nitrogen and oxygen atoms in total. The number of aromatic carboxylic acids is 3. The quantitative estimate of drug-likeness (QED) is 0.421. The van der Waals surface area contributed by atoms with Crippen LogP contribution in [0.3, 0.4) is 0 Å². The maximum absolute atomic E-state index is 11.4. The van der Waals surface area contributed by atoms with Crippen molar-refractivity contribution in [3.05, 3.63) is 89.5 Å². The van der Waals surface area contributed by atoms with E-state index in [2.05, 4.69) is 10.2 Å². The van der Waals surface area contributed by atoms with Crippen molar-refractivity contribution in [2.24, 2.45) is 0 Å². The van der Waals surface area contributed by atoms with E-state index in [1.165, 1.54) is 36.4 Å². The Bertz CT molecular complexity index is 1280. The summed E-state index contributed by atoms with van der Waals surface area (Å²) in [7, 11) is 0. The average molecular weight is 429 g/mol. The van der Waals surface area contributed by atoms with Gasteiger partial charge in [0.1, 0.15) is 0 Å². The van der Waals surface area contributed by atoms with E-state index in [-0.39, 0.29) is 16.7 Å². The normalized spacial score (nSPS) is 10.6. The minimum Gasteiger partial charge on any atom is -0.478 e. The van der Waals surface area contributed by atoms with E-state index in [0.717, 1.165) is 0 Å². The van der Waals surface area contributed by atoms with Crippen LogP contribution in [0.5, 0.6) is 0 Å². The lowest BCUT2D eigenvalue weighted by Gasteiger charge is -2.12. The Hall–Kier alpha value is -4.79. The molecular formula is C23H15N3O6. The molecule has 1 aromatic heterocycles. The summed E-state index contributed by atoms with van der Waals surface area (Å²) in [6.07, 6.45) is 0. The number of carboxylic acid groups (broad SMARTS) is 3. The van der Waals surface area contributed by atoms with Crippen molar-refractivity contribution in [2.75, 3.05) is 0 Å². The lowest BCUT2D eigenvalue weighted by Crippen LogP contribution is -2.04. The molecule has 9 heteroatoms. The van der Waals surface area contributed by atoms with Gasteiger partial charge in [-0.25, -0.2) is 14.4 Å². The molecule has 0 aliphatic heterocycles. The average Bonchev–Trinajstić information content (AvgIpc) is 3.24. The molecule has 4 rings (SSSR count). The van der Waals surface area contributed by atoms with Gasteiger partial charge in [0.2, 0.25) is 0 Å². The van der Waals surface area contributed by atoms with Gasteiger partial charge >= 0.3 is 17.9 Å². The highest BCUT2D eigenvalue weighted by atomic mass is 16.4. The van der Waals surface area contributed by atoms with Crippen LogP contribution < -0.4 is 0 Å². The van der Waals surface area contributed by atoms with Gasteiger partial charge in [-0.3, -0.25) is 4.57 Å². The second-order valence-electron chi connectivity index (χ2n) is 6.81. The van der Waals surface area contributed by atoms with Crippen LogP contribution in [0.15, 0.2) is 72.8 Å². The van der Waals surface area contributed by atoms with Crippen molar-refractivity contribution in [3.63, 3.8) is 0 Å². The van der Waals surface area contributed by atoms with Crippen LogP contribution in [0.4, 0.5) is 0 Å². The standard InChI is InChI=1S/C23H15N3O6/c27-21(28)13-7-9-18(10-8-13)26-19(14-3-1-5-16(11-14)22(29)30)24-25-20(26)15-4-2-6-17(12-15)23(31)32/h1-12H,(H,27,28)(H,29,30)(H,31,32). The smallest absolute Gasteiger partial charge is 0.335 e. The van der Waals surface area contributed by atoms with Crippen LogP contribution in [-0.2, 0) is 0 Å². The van der Waals surface area contributed by atoms with Gasteiger partial charge in [-0.1, -0.05) is 24.3 Å². The Morgan fingerprint density at radius 1 is 0.594 bits per heavy atom. The van der Waals surface area contributed by atoms with Crippen molar-refractivity contribution in [1.29, 1.82) is 0 Å². The van der Waals surface area contributed by atoms with Crippen molar-refractivity contribution < 1.29 is 29.7 Å². The third kappa shape index (κ3) is 3.82. The topological polar surface area (TPSA) is 143 Å². The first-order valence-electron chi connectivity index (χ1n) is 9.32. The van der Waals surface area contributed by atoms with Crippen LogP contribution in [0.25, 0.3) is 28.5 Å². The minimum absolute atomic E-state index is 0.0627. The fourth-order valence-electron chi connectivity index (χ4n) is 3.24. The highest BCUT2D eigenvalue weighted by molar-refractivity contribution is 5.90. The SMILES string of the molecule is O=C(O)c1ccc(-n2c(-c3cccc(C(=O)O)c3)nnc2-c2cccc(C(=O)O)c2)cc1. The second-order valence-corrected chi connectivity index (χ2v) is 6.81. The summed E-state index contributed by atoms with van der Waals surface area (Å²) in [5.41, 5.74) is 1.68. The molecule has 0 aliphatic rings. The van der Waals surface area contributed by atoms with Crippen LogP contribution in [0.2, 0.25) is 0 Å². The molecule has 0 saturated carbocycles. The van der Waals surface area contributed by atoms with E-state index >= 15 is 0 Å². The zero-order valence-electron chi connectivity index (χ0n) is 16.3. The Labute approximate surface area is 180 Å². The Morgan fingerprint density at radius 3 is 1.44 bits per heavy atom. The van der Waals surface area contributed by atoms with E-state index in [4.69, 9.17) is 0 Å². The van der Waals surface area contributed by atoms with Gasteiger partial charge in [0, 0.05) is 16.8 Å². The number of carboxylic acids is 3. The largest absolute Gasteiger partial charge is 0.478 e. The highest BCUT2D eigenvalue weighted by Crippen LogP contribution is 2.29. The molecule has 1 heterocycles. The van der Waals surface area contributed by atoms with Crippen LogP contribution in [0.1, 0.15) is 31.1 Å². The van der Waals surface area contributed by atoms with Gasteiger partial charge in [0.15, 0.2) is 11.6 Å². The summed E-state index contributed by atoms with van der Waals surface area (Å²) in [4.78, 5) is 34.1. The van der Waals surface area contributed by atoms with E-state index < -0.39 is 17.9 Å². The van der Waals surface area contributed by atoms with Crippen molar-refractivity contribution in [2.45, 2.75) is 0 Å². The number of hydrogen-bond acceptors (Lipinski definition) is 5. The molecule has 0 fully saturated rings. The maximum Gasteiger partial charge on any atom is 0.335 e. The first-order chi connectivity index (χ1) is 15.3. The summed E-state index contributed by atoms with van der Waals surface area (Å²) in [6, 6.07) is 18.3. The van der Waals surface area contributed by atoms with Crippen LogP contribution in [-0.4, -0.2) is 48.0 Å². The first kappa shape index (κ1) is 20.5. The summed E-state index contributed by atoms with van der Waals surface area (Å²) in [5.74, 6) is -2.65. The van der Waals surface area contributed by atoms with Gasteiger partial charge in [-0.05, 0) is 48.5 Å². The number of carbonyl (C=O) groups is 3. The molecule has 4 aromatic rings. The fourth-order valence-corrected chi connectivity index (χ4v) is 3.24. The molecule has 3 aromatic carbocycles. The Morgan fingerprint density at radius 2 is 1.03 bits per heavy atom. The van der Waals surface area contributed by atoms with E-state index in [1.807, 2.05) is 0 Å². The fraction of sp³-hybridized carbons (Fsp3) is 0. The highest BCUT2D eigenvalue weighted by Gasteiger charge is 2.19. The molecule has 0 unspecified atom stereocenters. The third-order valence-corrected chi connectivity index (χ3v) is 4.77. The third-order valence-electron chi connectivity index (χ3n) is 4.77. The summed E-state index contributed by atoms with van der Waals surface area (Å²) < 4.78 is 1.62. The number of rotatable bonds is 6. The molecule has 0 radical (unpaired) electrons. The summed E-state index contributed by atoms with van der Waals surface area (Å²) >= 11 is 0. The van der Waals surface area contributed by atoms with E-state index in [0.29, 0.717) is 28.5 Å². The molecule has 0 atom stereocenters.